The molecule has 112 valence electrons. The first-order valence-corrected chi connectivity index (χ1v) is 7.74. The highest BCUT2D eigenvalue weighted by molar-refractivity contribution is 5.94. The molecular formula is C17H23N3O. The van der Waals surface area contributed by atoms with Crippen LogP contribution in [0.2, 0.25) is 0 Å². The van der Waals surface area contributed by atoms with Crippen LogP contribution in [-0.4, -0.2) is 43.0 Å². The van der Waals surface area contributed by atoms with E-state index in [4.69, 9.17) is 0 Å². The molecule has 0 radical (unpaired) electrons. The molecule has 1 aromatic carbocycles. The second-order valence-electron chi connectivity index (χ2n) is 5.96. The maximum absolute atomic E-state index is 11.8. The van der Waals surface area contributed by atoms with E-state index in [1.54, 1.807) is 6.08 Å². The molecule has 0 aromatic heterocycles. The van der Waals surface area contributed by atoms with Gasteiger partial charge in [-0.25, -0.2) is 0 Å². The molecule has 1 atom stereocenters. The van der Waals surface area contributed by atoms with Crippen LogP contribution in [0.5, 0.6) is 0 Å². The number of fused-ring (bicyclic) bond motifs is 3. The number of anilines is 1. The Morgan fingerprint density at radius 2 is 2.00 bits per heavy atom. The van der Waals surface area contributed by atoms with E-state index in [-0.39, 0.29) is 5.91 Å². The maximum atomic E-state index is 11.8. The van der Waals surface area contributed by atoms with Crippen LogP contribution >= 0.6 is 0 Å². The molecule has 4 nitrogen and oxygen atoms in total. The standard InChI is InChI=1S/C17H23N3O/c1-2-9-18-17(21)14-3-5-15(6-4-14)19-16-12-20-10-7-13(16)8-11-20/h2-6,13,16,19H,1,7-12H2,(H,18,21). The average Bonchev–Trinajstić information content (AvgIpc) is 2.54. The third-order valence-corrected chi connectivity index (χ3v) is 4.56. The van der Waals surface area contributed by atoms with E-state index in [1.807, 2.05) is 24.3 Å². The van der Waals surface area contributed by atoms with Crippen molar-refractivity contribution < 1.29 is 4.79 Å². The van der Waals surface area contributed by atoms with Crippen molar-refractivity contribution in [3.05, 3.63) is 42.5 Å². The van der Waals surface area contributed by atoms with Gasteiger partial charge in [0.2, 0.25) is 0 Å². The van der Waals surface area contributed by atoms with Crippen molar-refractivity contribution in [2.75, 3.05) is 31.5 Å². The number of amides is 1. The summed E-state index contributed by atoms with van der Waals surface area (Å²) in [5.41, 5.74) is 1.80. The maximum Gasteiger partial charge on any atom is 0.251 e. The first kappa shape index (κ1) is 14.1. The number of piperidine rings is 3. The van der Waals surface area contributed by atoms with Gasteiger partial charge < -0.3 is 15.5 Å². The van der Waals surface area contributed by atoms with Gasteiger partial charge in [0.15, 0.2) is 0 Å². The predicted molar refractivity (Wildman–Crippen MR) is 85.5 cm³/mol. The summed E-state index contributed by atoms with van der Waals surface area (Å²) >= 11 is 0. The van der Waals surface area contributed by atoms with E-state index < -0.39 is 0 Å². The average molecular weight is 285 g/mol. The topological polar surface area (TPSA) is 44.4 Å². The molecule has 3 aliphatic rings. The lowest BCUT2D eigenvalue weighted by Gasteiger charge is -2.45. The van der Waals surface area contributed by atoms with Crippen molar-refractivity contribution >= 4 is 11.6 Å². The number of hydrogen-bond acceptors (Lipinski definition) is 3. The van der Waals surface area contributed by atoms with E-state index in [0.717, 1.165) is 18.2 Å². The Balaban J connectivity index is 1.59. The Morgan fingerprint density at radius 1 is 1.29 bits per heavy atom. The highest BCUT2D eigenvalue weighted by Gasteiger charge is 2.33. The van der Waals surface area contributed by atoms with Crippen molar-refractivity contribution in [2.45, 2.75) is 18.9 Å². The highest BCUT2D eigenvalue weighted by atomic mass is 16.1. The van der Waals surface area contributed by atoms with Crippen LogP contribution in [0, 0.1) is 5.92 Å². The van der Waals surface area contributed by atoms with E-state index in [1.165, 1.54) is 25.9 Å². The zero-order chi connectivity index (χ0) is 14.7. The Morgan fingerprint density at radius 3 is 2.57 bits per heavy atom. The molecule has 1 aromatic rings. The number of carbonyl (C=O) groups is 1. The largest absolute Gasteiger partial charge is 0.381 e. The third kappa shape index (κ3) is 3.27. The molecule has 2 bridgehead atoms. The van der Waals surface area contributed by atoms with Crippen molar-refractivity contribution in [3.8, 4) is 0 Å². The van der Waals surface area contributed by atoms with Crippen LogP contribution in [0.25, 0.3) is 0 Å². The second-order valence-corrected chi connectivity index (χ2v) is 5.96. The number of nitrogens with zero attached hydrogens (tertiary/aromatic N) is 1. The molecule has 0 spiro atoms. The fraction of sp³-hybridized carbons (Fsp3) is 0.471. The fourth-order valence-corrected chi connectivity index (χ4v) is 3.33. The molecule has 3 heterocycles. The van der Waals surface area contributed by atoms with Crippen LogP contribution in [0.15, 0.2) is 36.9 Å². The summed E-state index contributed by atoms with van der Waals surface area (Å²) in [6.45, 7) is 7.75. The molecule has 3 fully saturated rings. The van der Waals surface area contributed by atoms with Gasteiger partial charge in [0.05, 0.1) is 0 Å². The molecule has 0 saturated carbocycles. The van der Waals surface area contributed by atoms with Crippen molar-refractivity contribution in [3.63, 3.8) is 0 Å². The summed E-state index contributed by atoms with van der Waals surface area (Å²) in [5.74, 6) is 0.745. The molecule has 1 amide bonds. The van der Waals surface area contributed by atoms with Crippen molar-refractivity contribution in [2.24, 2.45) is 5.92 Å². The lowest BCUT2D eigenvalue weighted by molar-refractivity contribution is 0.0958. The van der Waals surface area contributed by atoms with Crippen LogP contribution in [0.3, 0.4) is 0 Å². The van der Waals surface area contributed by atoms with Crippen molar-refractivity contribution in [1.82, 2.24) is 10.2 Å². The second kappa shape index (κ2) is 6.31. The summed E-state index contributed by atoms with van der Waals surface area (Å²) in [5, 5.41) is 6.42. The summed E-state index contributed by atoms with van der Waals surface area (Å²) < 4.78 is 0. The summed E-state index contributed by atoms with van der Waals surface area (Å²) in [7, 11) is 0. The minimum Gasteiger partial charge on any atom is -0.381 e. The molecule has 0 aliphatic carbocycles. The number of rotatable bonds is 5. The minimum absolute atomic E-state index is 0.0516. The summed E-state index contributed by atoms with van der Waals surface area (Å²) in [4.78, 5) is 14.4. The fourth-order valence-electron chi connectivity index (χ4n) is 3.33. The van der Waals surface area contributed by atoms with Gasteiger partial charge in [-0.2, -0.15) is 0 Å². The van der Waals surface area contributed by atoms with Gasteiger partial charge in [0.1, 0.15) is 0 Å². The lowest BCUT2D eigenvalue weighted by Crippen LogP contribution is -2.53. The minimum atomic E-state index is -0.0516. The van der Waals surface area contributed by atoms with Gasteiger partial charge in [-0.1, -0.05) is 6.08 Å². The van der Waals surface area contributed by atoms with Crippen LogP contribution in [0.1, 0.15) is 23.2 Å². The first-order valence-electron chi connectivity index (χ1n) is 7.74. The van der Waals surface area contributed by atoms with Gasteiger partial charge in [0, 0.05) is 30.4 Å². The smallest absolute Gasteiger partial charge is 0.251 e. The SMILES string of the molecule is C=CCNC(=O)c1ccc(NC2CN3CCC2CC3)cc1. The third-order valence-electron chi connectivity index (χ3n) is 4.56. The Hall–Kier alpha value is -1.81. The van der Waals surface area contributed by atoms with E-state index in [0.29, 0.717) is 18.2 Å². The molecular weight excluding hydrogens is 262 g/mol. The Kier molecular flexibility index (Phi) is 4.25. The quantitative estimate of drug-likeness (QED) is 0.814. The predicted octanol–water partition coefficient (Wildman–Crippen LogP) is 2.11. The molecule has 3 saturated heterocycles. The van der Waals surface area contributed by atoms with Crippen LogP contribution < -0.4 is 10.6 Å². The van der Waals surface area contributed by atoms with Gasteiger partial charge in [-0.15, -0.1) is 6.58 Å². The Labute approximate surface area is 126 Å². The molecule has 4 rings (SSSR count). The van der Waals surface area contributed by atoms with Crippen molar-refractivity contribution in [1.29, 1.82) is 0 Å². The highest BCUT2D eigenvalue weighted by Crippen LogP contribution is 2.29. The number of carbonyl (C=O) groups excluding carboxylic acids is 1. The van der Waals surface area contributed by atoms with Gasteiger partial charge >= 0.3 is 0 Å². The summed E-state index contributed by atoms with van der Waals surface area (Å²) in [6, 6.07) is 8.30. The van der Waals surface area contributed by atoms with E-state index >= 15 is 0 Å². The number of benzene rings is 1. The van der Waals surface area contributed by atoms with E-state index in [9.17, 15) is 4.79 Å². The zero-order valence-electron chi connectivity index (χ0n) is 12.3. The van der Waals surface area contributed by atoms with Crippen LogP contribution in [-0.2, 0) is 0 Å². The molecule has 3 aliphatic heterocycles. The van der Waals surface area contributed by atoms with Gasteiger partial charge in [-0.3, -0.25) is 4.79 Å². The molecule has 1 unspecified atom stereocenters. The molecule has 2 N–H and O–H groups in total. The zero-order valence-corrected chi connectivity index (χ0v) is 12.3. The van der Waals surface area contributed by atoms with Crippen LogP contribution in [0.4, 0.5) is 5.69 Å². The Bertz CT molecular complexity index is 503. The normalized spacial score (nSPS) is 27.1. The number of hydrogen-bond donors (Lipinski definition) is 2. The molecule has 21 heavy (non-hydrogen) atoms. The first-order chi connectivity index (χ1) is 10.3. The number of nitrogens with one attached hydrogen (secondary N) is 2. The monoisotopic (exact) mass is 285 g/mol. The van der Waals surface area contributed by atoms with Gasteiger partial charge in [0.25, 0.3) is 5.91 Å². The van der Waals surface area contributed by atoms with E-state index in [2.05, 4.69) is 22.1 Å². The lowest BCUT2D eigenvalue weighted by atomic mass is 9.84. The summed E-state index contributed by atoms with van der Waals surface area (Å²) in [6.07, 6.45) is 4.29. The van der Waals surface area contributed by atoms with Gasteiger partial charge in [-0.05, 0) is 56.1 Å². The molecule has 4 heteroatoms.